The van der Waals surface area contributed by atoms with E-state index in [4.69, 9.17) is 11.6 Å². The number of benzene rings is 2. The quantitative estimate of drug-likeness (QED) is 0.789. The van der Waals surface area contributed by atoms with E-state index in [1.54, 1.807) is 0 Å². The lowest BCUT2D eigenvalue weighted by molar-refractivity contribution is 0.200. The summed E-state index contributed by atoms with van der Waals surface area (Å²) in [5.41, 5.74) is 2.71. The van der Waals surface area contributed by atoms with E-state index in [0.717, 1.165) is 18.1 Å². The number of likely N-dealkylation sites (tertiary alicyclic amines) is 1. The van der Waals surface area contributed by atoms with Crippen LogP contribution in [0.5, 0.6) is 0 Å². The maximum absolute atomic E-state index is 6.27. The molecule has 1 aliphatic rings. The molecule has 2 aromatic rings. The zero-order valence-corrected chi connectivity index (χ0v) is 12.4. The number of hydrogen-bond donors (Lipinski definition) is 0. The van der Waals surface area contributed by atoms with Crippen LogP contribution in [0.25, 0.3) is 0 Å². The van der Waals surface area contributed by atoms with Gasteiger partial charge >= 0.3 is 0 Å². The van der Waals surface area contributed by atoms with E-state index in [0.29, 0.717) is 5.92 Å². The number of hydrogen-bond acceptors (Lipinski definition) is 1. The van der Waals surface area contributed by atoms with Gasteiger partial charge in [0.15, 0.2) is 0 Å². The van der Waals surface area contributed by atoms with Crippen molar-refractivity contribution in [2.24, 2.45) is 0 Å². The summed E-state index contributed by atoms with van der Waals surface area (Å²) in [5, 5.41) is 0.884. The molecule has 2 heteroatoms. The zero-order chi connectivity index (χ0) is 13.8. The Hall–Kier alpha value is -1.31. The second-order valence-corrected chi connectivity index (χ2v) is 5.98. The summed E-state index contributed by atoms with van der Waals surface area (Å²) in [6.07, 6.45) is 2.56. The Kier molecular flexibility index (Phi) is 4.39. The second-order valence-electron chi connectivity index (χ2n) is 5.58. The summed E-state index contributed by atoms with van der Waals surface area (Å²) in [5.74, 6) is 0.660. The highest BCUT2D eigenvalue weighted by Gasteiger charge is 2.21. The van der Waals surface area contributed by atoms with Crippen LogP contribution >= 0.6 is 11.6 Å². The molecular weight excluding hydrogens is 266 g/mol. The molecule has 2 aromatic carbocycles. The molecule has 1 fully saturated rings. The first-order valence-corrected chi connectivity index (χ1v) is 7.71. The smallest absolute Gasteiger partial charge is 0.0451 e. The largest absolute Gasteiger partial charge is 0.298 e. The third-order valence-electron chi connectivity index (χ3n) is 4.13. The van der Waals surface area contributed by atoms with Crippen LogP contribution < -0.4 is 0 Å². The highest BCUT2D eigenvalue weighted by Crippen LogP contribution is 2.28. The average molecular weight is 286 g/mol. The van der Waals surface area contributed by atoms with Gasteiger partial charge in [0.05, 0.1) is 0 Å². The van der Waals surface area contributed by atoms with Crippen LogP contribution in [0.15, 0.2) is 54.6 Å². The highest BCUT2D eigenvalue weighted by molar-refractivity contribution is 6.31. The van der Waals surface area contributed by atoms with Crippen molar-refractivity contribution in [1.82, 2.24) is 4.90 Å². The summed E-state index contributed by atoms with van der Waals surface area (Å²) >= 11 is 6.27. The normalized spacial score (nSPS) is 19.9. The van der Waals surface area contributed by atoms with Crippen molar-refractivity contribution in [3.05, 3.63) is 70.7 Å². The SMILES string of the molecule is Clc1ccccc1CN1CCCC(c2ccccc2)C1. The lowest BCUT2D eigenvalue weighted by Gasteiger charge is -2.33. The molecule has 1 unspecified atom stereocenters. The molecule has 1 heterocycles. The first-order chi connectivity index (χ1) is 9.83. The van der Waals surface area contributed by atoms with Gasteiger partial charge in [-0.25, -0.2) is 0 Å². The Bertz CT molecular complexity index is 552. The third kappa shape index (κ3) is 3.23. The van der Waals surface area contributed by atoms with Crippen molar-refractivity contribution in [1.29, 1.82) is 0 Å². The minimum atomic E-state index is 0.660. The molecular formula is C18H20ClN. The predicted octanol–water partition coefficient (Wildman–Crippen LogP) is 4.72. The van der Waals surface area contributed by atoms with Gasteiger partial charge in [-0.3, -0.25) is 4.90 Å². The summed E-state index contributed by atoms with van der Waals surface area (Å²) in [4.78, 5) is 2.53. The van der Waals surface area contributed by atoms with Crippen molar-refractivity contribution in [2.75, 3.05) is 13.1 Å². The average Bonchev–Trinajstić information content (AvgIpc) is 2.51. The van der Waals surface area contributed by atoms with Crippen molar-refractivity contribution >= 4 is 11.6 Å². The van der Waals surface area contributed by atoms with Crippen LogP contribution in [0.3, 0.4) is 0 Å². The fourth-order valence-electron chi connectivity index (χ4n) is 3.06. The Morgan fingerprint density at radius 3 is 2.55 bits per heavy atom. The fourth-order valence-corrected chi connectivity index (χ4v) is 3.26. The van der Waals surface area contributed by atoms with Crippen LogP contribution in [0.2, 0.25) is 5.02 Å². The number of nitrogens with zero attached hydrogens (tertiary/aromatic N) is 1. The van der Waals surface area contributed by atoms with E-state index in [-0.39, 0.29) is 0 Å². The first kappa shape index (κ1) is 13.7. The van der Waals surface area contributed by atoms with Crippen LogP contribution in [0, 0.1) is 0 Å². The van der Waals surface area contributed by atoms with Gasteiger partial charge in [0.2, 0.25) is 0 Å². The van der Waals surface area contributed by atoms with Crippen molar-refractivity contribution in [3.63, 3.8) is 0 Å². The number of halogens is 1. The van der Waals surface area contributed by atoms with Crippen molar-refractivity contribution < 1.29 is 0 Å². The molecule has 1 aliphatic heterocycles. The lowest BCUT2D eigenvalue weighted by Crippen LogP contribution is -2.33. The van der Waals surface area contributed by atoms with Gasteiger partial charge in [-0.05, 0) is 42.5 Å². The molecule has 0 N–H and O–H groups in total. The van der Waals surface area contributed by atoms with E-state index in [1.165, 1.54) is 30.5 Å². The van der Waals surface area contributed by atoms with Gasteiger partial charge in [-0.2, -0.15) is 0 Å². The molecule has 0 amide bonds. The molecule has 1 saturated heterocycles. The van der Waals surface area contributed by atoms with Crippen molar-refractivity contribution in [3.8, 4) is 0 Å². The lowest BCUT2D eigenvalue weighted by atomic mass is 9.90. The molecule has 20 heavy (non-hydrogen) atoms. The fraction of sp³-hybridized carbons (Fsp3) is 0.333. The molecule has 0 spiro atoms. The van der Waals surface area contributed by atoms with Crippen molar-refractivity contribution in [2.45, 2.75) is 25.3 Å². The Labute approximate surface area is 126 Å². The second kappa shape index (κ2) is 6.43. The zero-order valence-electron chi connectivity index (χ0n) is 11.6. The van der Waals surface area contributed by atoms with Crippen LogP contribution in [-0.4, -0.2) is 18.0 Å². The van der Waals surface area contributed by atoms with E-state index < -0.39 is 0 Å². The van der Waals surface area contributed by atoms with Gasteiger partial charge in [-0.1, -0.05) is 60.1 Å². The maximum Gasteiger partial charge on any atom is 0.0451 e. The van der Waals surface area contributed by atoms with E-state index in [9.17, 15) is 0 Å². The standard InChI is InChI=1S/C18H20ClN/c19-18-11-5-4-9-17(18)14-20-12-6-10-16(13-20)15-7-2-1-3-8-15/h1-5,7-9,11,16H,6,10,12-14H2. The Balaban J connectivity index is 1.68. The summed E-state index contributed by atoms with van der Waals surface area (Å²) in [7, 11) is 0. The number of piperidine rings is 1. The van der Waals surface area contributed by atoms with Gasteiger partial charge in [0.1, 0.15) is 0 Å². The van der Waals surface area contributed by atoms with Gasteiger partial charge in [-0.15, -0.1) is 0 Å². The Morgan fingerprint density at radius 1 is 1.00 bits per heavy atom. The van der Waals surface area contributed by atoms with E-state index in [1.807, 2.05) is 12.1 Å². The molecule has 1 nitrogen and oxygen atoms in total. The monoisotopic (exact) mass is 285 g/mol. The molecule has 0 bridgehead atoms. The third-order valence-corrected chi connectivity index (χ3v) is 4.50. The van der Waals surface area contributed by atoms with Crippen LogP contribution in [-0.2, 0) is 6.54 Å². The first-order valence-electron chi connectivity index (χ1n) is 7.33. The van der Waals surface area contributed by atoms with Crippen LogP contribution in [0.4, 0.5) is 0 Å². The molecule has 0 aromatic heterocycles. The molecule has 0 radical (unpaired) electrons. The minimum absolute atomic E-state index is 0.660. The maximum atomic E-state index is 6.27. The van der Waals surface area contributed by atoms with Gasteiger partial charge < -0.3 is 0 Å². The van der Waals surface area contributed by atoms with E-state index >= 15 is 0 Å². The number of rotatable bonds is 3. The predicted molar refractivity (Wildman–Crippen MR) is 85.1 cm³/mol. The molecule has 0 aliphatic carbocycles. The highest BCUT2D eigenvalue weighted by atomic mass is 35.5. The van der Waals surface area contributed by atoms with Gasteiger partial charge in [0, 0.05) is 18.1 Å². The summed E-state index contributed by atoms with van der Waals surface area (Å²) in [6, 6.07) is 19.1. The van der Waals surface area contributed by atoms with E-state index in [2.05, 4.69) is 47.4 Å². The molecule has 0 saturated carbocycles. The summed E-state index contributed by atoms with van der Waals surface area (Å²) < 4.78 is 0. The topological polar surface area (TPSA) is 3.24 Å². The van der Waals surface area contributed by atoms with Crippen LogP contribution in [0.1, 0.15) is 29.9 Å². The minimum Gasteiger partial charge on any atom is -0.298 e. The molecule has 3 rings (SSSR count). The molecule has 1 atom stereocenters. The van der Waals surface area contributed by atoms with Gasteiger partial charge in [0.25, 0.3) is 0 Å². The Morgan fingerprint density at radius 2 is 1.75 bits per heavy atom. The molecule has 104 valence electrons. The summed E-state index contributed by atoms with van der Waals surface area (Å²) in [6.45, 7) is 3.27.